The van der Waals surface area contributed by atoms with Crippen molar-refractivity contribution in [2.45, 2.75) is 4.90 Å². The summed E-state index contributed by atoms with van der Waals surface area (Å²) in [4.78, 5) is 2.58. The zero-order valence-electron chi connectivity index (χ0n) is 9.60. The lowest BCUT2D eigenvalue weighted by atomic mass is 10.3. The van der Waals surface area contributed by atoms with Gasteiger partial charge in [0.05, 0.1) is 28.8 Å². The summed E-state index contributed by atoms with van der Waals surface area (Å²) in [6, 6.07) is 4.22. The zero-order chi connectivity index (χ0) is 13.2. The fraction of sp³-hybridized carbons (Fsp3) is 0.400. The second-order valence-electron chi connectivity index (χ2n) is 3.88. The molecule has 6 nitrogen and oxygen atoms in total. The summed E-state index contributed by atoms with van der Waals surface area (Å²) < 4.78 is 29.3. The molecule has 2 rings (SSSR count). The van der Waals surface area contributed by atoms with E-state index in [9.17, 15) is 8.42 Å². The van der Waals surface area contributed by atoms with Gasteiger partial charge in [-0.1, -0.05) is 11.6 Å². The van der Waals surface area contributed by atoms with Gasteiger partial charge in [-0.05, 0) is 18.2 Å². The molecular formula is C10H14ClN3O3S. The number of anilines is 1. The van der Waals surface area contributed by atoms with Crippen LogP contribution in [0.4, 0.5) is 5.69 Å². The third-order valence-corrected chi connectivity index (χ3v) is 4.26. The highest BCUT2D eigenvalue weighted by molar-refractivity contribution is 7.89. The third-order valence-electron chi connectivity index (χ3n) is 2.54. The molecule has 0 saturated carbocycles. The van der Waals surface area contributed by atoms with Crippen LogP contribution in [0, 0.1) is 0 Å². The predicted octanol–water partition coefficient (Wildman–Crippen LogP) is 0.448. The number of rotatable bonds is 3. The number of morpholine rings is 1. The first-order chi connectivity index (χ1) is 8.49. The number of hydrazine groups is 1. The molecular weight excluding hydrogens is 278 g/mol. The lowest BCUT2D eigenvalue weighted by Crippen LogP contribution is -2.48. The van der Waals surface area contributed by atoms with Crippen molar-refractivity contribution in [2.24, 2.45) is 0 Å². The molecule has 1 aromatic carbocycles. The Bertz CT molecular complexity index is 529. The molecule has 0 unspecified atom stereocenters. The predicted molar refractivity (Wildman–Crippen MR) is 68.6 cm³/mol. The van der Waals surface area contributed by atoms with Crippen LogP contribution in [0.5, 0.6) is 0 Å². The fourth-order valence-electron chi connectivity index (χ4n) is 1.57. The highest BCUT2D eigenvalue weighted by Gasteiger charge is 2.20. The van der Waals surface area contributed by atoms with Crippen molar-refractivity contribution in [1.82, 2.24) is 9.84 Å². The van der Waals surface area contributed by atoms with Crippen molar-refractivity contribution in [2.75, 3.05) is 32.0 Å². The summed E-state index contributed by atoms with van der Waals surface area (Å²) >= 11 is 5.76. The summed E-state index contributed by atoms with van der Waals surface area (Å²) in [6.45, 7) is 2.04. The van der Waals surface area contributed by atoms with E-state index in [0.717, 1.165) is 0 Å². The molecule has 0 atom stereocenters. The summed E-state index contributed by atoms with van der Waals surface area (Å²) in [5.41, 5.74) is 5.83. The number of nitrogen functional groups attached to an aromatic ring is 1. The number of ether oxygens (including phenoxy) is 1. The van der Waals surface area contributed by atoms with E-state index in [1.165, 1.54) is 18.2 Å². The van der Waals surface area contributed by atoms with E-state index >= 15 is 0 Å². The number of hydrogen-bond donors (Lipinski definition) is 2. The molecule has 1 aliphatic heterocycles. The average molecular weight is 292 g/mol. The molecule has 0 amide bonds. The minimum atomic E-state index is -3.62. The Morgan fingerprint density at radius 1 is 1.33 bits per heavy atom. The van der Waals surface area contributed by atoms with Gasteiger partial charge in [0.2, 0.25) is 0 Å². The number of hydrogen-bond acceptors (Lipinski definition) is 5. The molecule has 1 aromatic rings. The van der Waals surface area contributed by atoms with Gasteiger partial charge in [0.15, 0.2) is 0 Å². The second kappa shape index (κ2) is 5.41. The highest BCUT2D eigenvalue weighted by atomic mass is 35.5. The topological polar surface area (TPSA) is 84.7 Å². The van der Waals surface area contributed by atoms with Gasteiger partial charge in [-0.2, -0.15) is 0 Å². The van der Waals surface area contributed by atoms with E-state index < -0.39 is 10.0 Å². The largest absolute Gasteiger partial charge is 0.397 e. The normalized spacial score (nSPS) is 17.8. The Labute approximate surface area is 111 Å². The Morgan fingerprint density at radius 2 is 2.00 bits per heavy atom. The van der Waals surface area contributed by atoms with E-state index in [-0.39, 0.29) is 10.6 Å². The monoisotopic (exact) mass is 291 g/mol. The van der Waals surface area contributed by atoms with Crippen molar-refractivity contribution < 1.29 is 13.2 Å². The van der Waals surface area contributed by atoms with E-state index in [4.69, 9.17) is 22.1 Å². The van der Waals surface area contributed by atoms with Crippen molar-refractivity contribution in [3.05, 3.63) is 23.2 Å². The Kier molecular flexibility index (Phi) is 4.08. The van der Waals surface area contributed by atoms with Gasteiger partial charge in [-0.3, -0.25) is 0 Å². The minimum Gasteiger partial charge on any atom is -0.397 e. The standard InChI is InChI=1S/C10H14ClN3O3S/c11-9-2-1-8(7-10(9)12)18(15,16)13-14-3-5-17-6-4-14/h1-2,7,13H,3-6,12H2. The van der Waals surface area contributed by atoms with Gasteiger partial charge >= 0.3 is 0 Å². The Hall–Kier alpha value is -0.860. The average Bonchev–Trinajstić information content (AvgIpc) is 2.33. The fourth-order valence-corrected chi connectivity index (χ4v) is 2.84. The quantitative estimate of drug-likeness (QED) is 0.790. The molecule has 3 N–H and O–H groups in total. The minimum absolute atomic E-state index is 0.0934. The lowest BCUT2D eigenvalue weighted by Gasteiger charge is -2.26. The number of nitrogens with one attached hydrogen (secondary N) is 1. The molecule has 8 heteroatoms. The van der Waals surface area contributed by atoms with E-state index in [1.807, 2.05) is 0 Å². The molecule has 0 aliphatic carbocycles. The van der Waals surface area contributed by atoms with Crippen molar-refractivity contribution in [1.29, 1.82) is 0 Å². The zero-order valence-corrected chi connectivity index (χ0v) is 11.2. The van der Waals surface area contributed by atoms with Gasteiger partial charge in [-0.25, -0.2) is 13.4 Å². The van der Waals surface area contributed by atoms with Gasteiger partial charge in [0.25, 0.3) is 10.0 Å². The molecule has 100 valence electrons. The third kappa shape index (κ3) is 3.12. The van der Waals surface area contributed by atoms with Crippen LogP contribution in [0.2, 0.25) is 5.02 Å². The van der Waals surface area contributed by atoms with Gasteiger partial charge in [0, 0.05) is 13.1 Å². The molecule has 18 heavy (non-hydrogen) atoms. The van der Waals surface area contributed by atoms with Crippen LogP contribution >= 0.6 is 11.6 Å². The number of sulfonamides is 1. The van der Waals surface area contributed by atoms with Crippen LogP contribution in [0.3, 0.4) is 0 Å². The smallest absolute Gasteiger partial charge is 0.253 e. The molecule has 0 spiro atoms. The Balaban J connectivity index is 2.16. The molecule has 0 radical (unpaired) electrons. The first kappa shape index (κ1) is 13.6. The maximum Gasteiger partial charge on any atom is 0.253 e. The van der Waals surface area contributed by atoms with Gasteiger partial charge < -0.3 is 10.5 Å². The number of halogens is 1. The van der Waals surface area contributed by atoms with Crippen LogP contribution in [0.1, 0.15) is 0 Å². The van der Waals surface area contributed by atoms with Crippen molar-refractivity contribution >= 4 is 27.3 Å². The summed E-state index contributed by atoms with van der Waals surface area (Å²) in [7, 11) is -3.62. The SMILES string of the molecule is Nc1cc(S(=O)(=O)NN2CCOCC2)ccc1Cl. The van der Waals surface area contributed by atoms with Crippen LogP contribution < -0.4 is 10.6 Å². The van der Waals surface area contributed by atoms with E-state index in [1.54, 1.807) is 5.01 Å². The van der Waals surface area contributed by atoms with E-state index in [2.05, 4.69) is 4.83 Å². The second-order valence-corrected chi connectivity index (χ2v) is 5.95. The molecule has 1 aliphatic rings. The molecule has 1 fully saturated rings. The summed E-state index contributed by atoms with van der Waals surface area (Å²) in [5, 5.41) is 1.93. The number of nitrogens with two attached hydrogens (primary N) is 1. The van der Waals surface area contributed by atoms with Gasteiger partial charge in [-0.15, -0.1) is 4.83 Å². The maximum absolute atomic E-state index is 12.1. The van der Waals surface area contributed by atoms with Crippen LogP contribution in [-0.2, 0) is 14.8 Å². The van der Waals surface area contributed by atoms with E-state index in [0.29, 0.717) is 31.3 Å². The summed E-state index contributed by atoms with van der Waals surface area (Å²) in [5.74, 6) is 0. The lowest BCUT2D eigenvalue weighted by molar-refractivity contribution is 0.0272. The van der Waals surface area contributed by atoms with Gasteiger partial charge in [0.1, 0.15) is 0 Å². The molecule has 1 saturated heterocycles. The maximum atomic E-state index is 12.1. The number of nitrogens with zero attached hydrogens (tertiary/aromatic N) is 1. The first-order valence-electron chi connectivity index (χ1n) is 5.39. The van der Waals surface area contributed by atoms with Crippen molar-refractivity contribution in [3.8, 4) is 0 Å². The van der Waals surface area contributed by atoms with Crippen LogP contribution in [0.25, 0.3) is 0 Å². The Morgan fingerprint density at radius 3 is 2.61 bits per heavy atom. The van der Waals surface area contributed by atoms with Crippen LogP contribution in [-0.4, -0.2) is 39.7 Å². The van der Waals surface area contributed by atoms with Crippen LogP contribution in [0.15, 0.2) is 23.1 Å². The molecule has 0 aromatic heterocycles. The van der Waals surface area contributed by atoms with Crippen molar-refractivity contribution in [3.63, 3.8) is 0 Å². The first-order valence-corrected chi connectivity index (χ1v) is 7.25. The highest BCUT2D eigenvalue weighted by Crippen LogP contribution is 2.22. The molecule has 0 bridgehead atoms. The molecule has 1 heterocycles. The number of benzene rings is 1. The summed E-state index contributed by atoms with van der Waals surface area (Å²) in [6.07, 6.45) is 0.